The fourth-order valence-electron chi connectivity index (χ4n) is 3.65. The topological polar surface area (TPSA) is 96.3 Å². The summed E-state index contributed by atoms with van der Waals surface area (Å²) in [4.78, 5) is 23.1. The van der Waals surface area contributed by atoms with Crippen LogP contribution in [0.15, 0.2) is 24.3 Å². The molecule has 4 unspecified atom stereocenters. The molecule has 2 fully saturated rings. The number of amides is 1. The third-order valence-corrected chi connectivity index (χ3v) is 5.08. The van der Waals surface area contributed by atoms with Crippen molar-refractivity contribution in [1.29, 1.82) is 0 Å². The molecule has 3 rings (SSSR count). The minimum Gasteiger partial charge on any atom is -0.344 e. The number of hydrogen-bond donors (Lipinski definition) is 3. The quantitative estimate of drug-likeness (QED) is 0.409. The molecule has 150 valence electrons. The smallest absolute Gasteiger partial charge is 0.344 e. The summed E-state index contributed by atoms with van der Waals surface area (Å²) in [6.45, 7) is -0.0384. The fourth-order valence-corrected chi connectivity index (χ4v) is 3.65. The van der Waals surface area contributed by atoms with Crippen LogP contribution in [0.5, 0.6) is 0 Å². The summed E-state index contributed by atoms with van der Waals surface area (Å²) in [5.41, 5.74) is 5.31. The van der Waals surface area contributed by atoms with Crippen LogP contribution in [-0.4, -0.2) is 35.5 Å². The molecule has 28 heavy (non-hydrogen) atoms. The number of carbonyl (C=O) groups excluding carboxylic acids is 1. The molecule has 1 amide bonds. The van der Waals surface area contributed by atoms with Crippen LogP contribution in [0.4, 0.5) is 13.2 Å². The summed E-state index contributed by atoms with van der Waals surface area (Å²) in [7, 11) is 0. The molecule has 1 saturated carbocycles. The molecule has 0 aromatic heterocycles. The second-order valence-electron chi connectivity index (χ2n) is 6.89. The number of fused-ring (bicyclic) bond motifs is 1. The van der Waals surface area contributed by atoms with Gasteiger partial charge in [0.25, 0.3) is 0 Å². The first kappa shape index (κ1) is 20.1. The number of rotatable bonds is 3. The maximum atomic E-state index is 12.7. The van der Waals surface area contributed by atoms with E-state index in [4.69, 9.17) is 0 Å². The van der Waals surface area contributed by atoms with Crippen molar-refractivity contribution in [2.24, 2.45) is 5.92 Å². The Morgan fingerprint density at radius 2 is 2.11 bits per heavy atom. The lowest BCUT2D eigenvalue weighted by Gasteiger charge is -2.28. The van der Waals surface area contributed by atoms with Crippen molar-refractivity contribution in [3.8, 4) is 11.8 Å². The van der Waals surface area contributed by atoms with Gasteiger partial charge in [-0.25, -0.2) is 5.43 Å². The molecule has 1 aromatic carbocycles. The molecule has 0 bridgehead atoms. The molecule has 1 saturated heterocycles. The Labute approximate surface area is 159 Å². The molecule has 3 N–H and O–H groups in total. The third kappa shape index (κ3) is 4.61. The molecular formula is C18H19F3N4O3. The van der Waals surface area contributed by atoms with E-state index in [9.17, 15) is 28.1 Å². The van der Waals surface area contributed by atoms with Gasteiger partial charge in [0.2, 0.25) is 11.9 Å². The van der Waals surface area contributed by atoms with Gasteiger partial charge in [0.15, 0.2) is 0 Å². The van der Waals surface area contributed by atoms with Crippen LogP contribution in [0, 0.1) is 27.9 Å². The molecule has 0 spiro atoms. The van der Waals surface area contributed by atoms with Gasteiger partial charge < -0.3 is 5.32 Å². The van der Waals surface area contributed by atoms with E-state index in [-0.39, 0.29) is 34.9 Å². The highest BCUT2D eigenvalue weighted by Gasteiger charge is 2.46. The monoisotopic (exact) mass is 396 g/mol. The van der Waals surface area contributed by atoms with Gasteiger partial charge in [-0.3, -0.25) is 20.3 Å². The summed E-state index contributed by atoms with van der Waals surface area (Å²) in [5, 5.41) is 13.6. The highest BCUT2D eigenvalue weighted by Crippen LogP contribution is 2.32. The molecule has 2 aliphatic rings. The number of benzene rings is 1. The second kappa shape index (κ2) is 8.16. The number of nitrogens with one attached hydrogen (secondary N) is 3. The van der Waals surface area contributed by atoms with E-state index in [0.29, 0.717) is 19.3 Å². The molecule has 10 heteroatoms. The molecule has 1 aliphatic heterocycles. The van der Waals surface area contributed by atoms with Crippen LogP contribution in [0.1, 0.15) is 30.4 Å². The number of carbonyl (C=O) groups is 1. The van der Waals surface area contributed by atoms with Crippen LogP contribution in [0.3, 0.4) is 0 Å². The van der Waals surface area contributed by atoms with E-state index >= 15 is 0 Å². The van der Waals surface area contributed by atoms with Crippen molar-refractivity contribution in [3.63, 3.8) is 0 Å². The summed E-state index contributed by atoms with van der Waals surface area (Å²) >= 11 is 0. The SMILES string of the molecule is O=C(NCC#Cc1cccc(C(F)(F)F)c1)C1NNC2CCC([N+](=O)[O-])CC21. The van der Waals surface area contributed by atoms with E-state index in [1.165, 1.54) is 12.1 Å². The molecule has 1 aromatic rings. The lowest BCUT2D eigenvalue weighted by molar-refractivity contribution is -0.528. The van der Waals surface area contributed by atoms with Crippen LogP contribution in [-0.2, 0) is 11.0 Å². The van der Waals surface area contributed by atoms with Gasteiger partial charge in [-0.2, -0.15) is 13.2 Å². The molecule has 0 radical (unpaired) electrons. The minimum atomic E-state index is -4.44. The molecule has 1 heterocycles. The lowest BCUT2D eigenvalue weighted by atomic mass is 9.79. The highest BCUT2D eigenvalue weighted by atomic mass is 19.4. The summed E-state index contributed by atoms with van der Waals surface area (Å²) in [6.07, 6.45) is -3.04. The maximum absolute atomic E-state index is 12.7. The number of nitrogens with zero attached hydrogens (tertiary/aromatic N) is 1. The highest BCUT2D eigenvalue weighted by molar-refractivity contribution is 5.82. The number of nitro groups is 1. The third-order valence-electron chi connectivity index (χ3n) is 5.08. The lowest BCUT2D eigenvalue weighted by Crippen LogP contribution is -2.47. The first-order chi connectivity index (χ1) is 13.3. The first-order valence-electron chi connectivity index (χ1n) is 8.84. The van der Waals surface area contributed by atoms with Gasteiger partial charge in [0.1, 0.15) is 6.04 Å². The summed E-state index contributed by atoms with van der Waals surface area (Å²) in [5.74, 6) is 4.68. The van der Waals surface area contributed by atoms with Gasteiger partial charge in [0.05, 0.1) is 12.1 Å². The van der Waals surface area contributed by atoms with E-state index in [1.54, 1.807) is 0 Å². The van der Waals surface area contributed by atoms with Gasteiger partial charge in [-0.05, 0) is 24.6 Å². The second-order valence-corrected chi connectivity index (χ2v) is 6.89. The molecule has 1 aliphatic carbocycles. The van der Waals surface area contributed by atoms with Crippen LogP contribution < -0.4 is 16.2 Å². The first-order valence-corrected chi connectivity index (χ1v) is 8.84. The van der Waals surface area contributed by atoms with Crippen molar-refractivity contribution in [1.82, 2.24) is 16.2 Å². The Balaban J connectivity index is 1.55. The largest absolute Gasteiger partial charge is 0.416 e. The molecule has 4 atom stereocenters. The van der Waals surface area contributed by atoms with Crippen LogP contribution in [0.25, 0.3) is 0 Å². The van der Waals surface area contributed by atoms with E-state index in [1.807, 2.05) is 0 Å². The zero-order chi connectivity index (χ0) is 20.3. The Hall–Kier alpha value is -2.64. The standard InChI is InChI=1S/C18H19F3N4O3/c19-18(20,21)12-5-1-3-11(9-12)4-2-8-22-17(26)16-14-10-13(25(27)28)6-7-15(14)23-24-16/h1,3,5,9,13-16,23-24H,6-8,10H2,(H,22,26). The fraction of sp³-hybridized carbons (Fsp3) is 0.500. The van der Waals surface area contributed by atoms with Crippen LogP contribution >= 0.6 is 0 Å². The average Bonchev–Trinajstić information content (AvgIpc) is 3.08. The maximum Gasteiger partial charge on any atom is 0.416 e. The predicted octanol–water partition coefficient (Wildman–Crippen LogP) is 1.46. The van der Waals surface area contributed by atoms with Gasteiger partial charge in [0, 0.05) is 35.3 Å². The van der Waals surface area contributed by atoms with Gasteiger partial charge >= 0.3 is 6.18 Å². The van der Waals surface area contributed by atoms with Crippen molar-refractivity contribution < 1.29 is 22.9 Å². The summed E-state index contributed by atoms with van der Waals surface area (Å²) < 4.78 is 38.1. The van der Waals surface area contributed by atoms with E-state index < -0.39 is 23.8 Å². The number of hydrogen-bond acceptors (Lipinski definition) is 5. The number of hydrazine groups is 1. The molecular weight excluding hydrogens is 377 g/mol. The minimum absolute atomic E-state index is 0.00291. The Kier molecular flexibility index (Phi) is 5.86. The molecule has 7 nitrogen and oxygen atoms in total. The van der Waals surface area contributed by atoms with Gasteiger partial charge in [-0.1, -0.05) is 17.9 Å². The number of halogens is 3. The van der Waals surface area contributed by atoms with E-state index in [2.05, 4.69) is 28.0 Å². The van der Waals surface area contributed by atoms with Crippen LogP contribution in [0.2, 0.25) is 0 Å². The zero-order valence-corrected chi connectivity index (χ0v) is 14.8. The van der Waals surface area contributed by atoms with Crippen molar-refractivity contribution in [3.05, 3.63) is 45.5 Å². The number of alkyl halides is 3. The van der Waals surface area contributed by atoms with Gasteiger partial charge in [-0.15, -0.1) is 0 Å². The van der Waals surface area contributed by atoms with E-state index in [0.717, 1.165) is 12.1 Å². The van der Waals surface area contributed by atoms with Crippen molar-refractivity contribution >= 4 is 5.91 Å². The average molecular weight is 396 g/mol. The summed E-state index contributed by atoms with van der Waals surface area (Å²) in [6, 6.07) is 3.38. The Bertz CT molecular complexity index is 818. The predicted molar refractivity (Wildman–Crippen MR) is 93.3 cm³/mol. The Morgan fingerprint density at radius 3 is 2.82 bits per heavy atom. The van der Waals surface area contributed by atoms with Crippen molar-refractivity contribution in [2.45, 2.75) is 43.6 Å². The zero-order valence-electron chi connectivity index (χ0n) is 14.8. The normalized spacial score (nSPS) is 26.7. The Morgan fingerprint density at radius 1 is 1.32 bits per heavy atom. The van der Waals surface area contributed by atoms with Crippen molar-refractivity contribution in [2.75, 3.05) is 6.54 Å².